The van der Waals surface area contributed by atoms with Crippen molar-refractivity contribution in [1.82, 2.24) is 9.55 Å². The number of hydrogen-bond donors (Lipinski definition) is 1. The van der Waals surface area contributed by atoms with E-state index in [9.17, 15) is 19.2 Å². The second-order valence-corrected chi connectivity index (χ2v) is 6.06. The molecule has 10 nitrogen and oxygen atoms in total. The number of nitrogens with zero attached hydrogens (tertiary/aromatic N) is 1. The molecular formula is C14H13FN2O8. The highest BCUT2D eigenvalue weighted by molar-refractivity contribution is 5.75. The summed E-state index contributed by atoms with van der Waals surface area (Å²) >= 11 is 0. The summed E-state index contributed by atoms with van der Waals surface area (Å²) in [6, 6.07) is 1.03. The van der Waals surface area contributed by atoms with Gasteiger partial charge in [-0.25, -0.2) is 14.0 Å². The van der Waals surface area contributed by atoms with E-state index in [-0.39, 0.29) is 5.92 Å². The molecule has 3 fully saturated rings. The first-order valence-corrected chi connectivity index (χ1v) is 7.59. The molecule has 0 amide bonds. The highest BCUT2D eigenvalue weighted by Gasteiger charge is 2.65. The lowest BCUT2D eigenvalue weighted by Crippen LogP contribution is -2.43. The Hall–Kier alpha value is -2.69. The van der Waals surface area contributed by atoms with Gasteiger partial charge in [0.2, 0.25) is 6.10 Å². The van der Waals surface area contributed by atoms with Crippen molar-refractivity contribution >= 4 is 12.1 Å². The third kappa shape index (κ3) is 2.69. The number of esters is 1. The zero-order valence-electron chi connectivity index (χ0n) is 12.7. The third-order valence-electron chi connectivity index (χ3n) is 4.22. The minimum Gasteiger partial charge on any atom is -0.459 e. The summed E-state index contributed by atoms with van der Waals surface area (Å²) in [4.78, 5) is 48.1. The average molecular weight is 356 g/mol. The maximum Gasteiger partial charge on any atom is 0.509 e. The van der Waals surface area contributed by atoms with E-state index in [1.807, 2.05) is 4.98 Å². The monoisotopic (exact) mass is 356 g/mol. The summed E-state index contributed by atoms with van der Waals surface area (Å²) in [6.07, 6.45) is -2.87. The second kappa shape index (κ2) is 5.41. The fraction of sp³-hybridized carbons (Fsp3) is 0.571. The summed E-state index contributed by atoms with van der Waals surface area (Å²) in [5, 5.41) is 0. The van der Waals surface area contributed by atoms with Crippen molar-refractivity contribution in [1.29, 1.82) is 0 Å². The maximum atomic E-state index is 15.2. The predicted molar refractivity (Wildman–Crippen MR) is 74.1 cm³/mol. The molecule has 0 radical (unpaired) electrons. The van der Waals surface area contributed by atoms with E-state index in [4.69, 9.17) is 18.9 Å². The molecule has 1 aromatic heterocycles. The number of halogens is 1. The van der Waals surface area contributed by atoms with E-state index in [0.717, 1.165) is 16.8 Å². The molecule has 4 rings (SSSR count). The lowest BCUT2D eigenvalue weighted by atomic mass is 10.1. The summed E-state index contributed by atoms with van der Waals surface area (Å²) < 4.78 is 35.8. The molecule has 3 heterocycles. The van der Waals surface area contributed by atoms with Crippen LogP contribution in [0.25, 0.3) is 0 Å². The van der Waals surface area contributed by atoms with Crippen molar-refractivity contribution in [3.8, 4) is 0 Å². The van der Waals surface area contributed by atoms with Crippen molar-refractivity contribution in [3.05, 3.63) is 33.1 Å². The van der Waals surface area contributed by atoms with Gasteiger partial charge in [0.15, 0.2) is 18.9 Å². The molecule has 1 N–H and O–H groups in total. The fourth-order valence-electron chi connectivity index (χ4n) is 2.81. The first-order valence-electron chi connectivity index (χ1n) is 7.59. The summed E-state index contributed by atoms with van der Waals surface area (Å²) in [6.45, 7) is -0.811. The number of hydrogen-bond acceptors (Lipinski definition) is 8. The van der Waals surface area contributed by atoms with Gasteiger partial charge in [-0.2, -0.15) is 0 Å². The molecule has 0 unspecified atom stereocenters. The minimum absolute atomic E-state index is 0.249. The van der Waals surface area contributed by atoms with Crippen LogP contribution in [0.5, 0.6) is 0 Å². The zero-order valence-corrected chi connectivity index (χ0v) is 12.7. The van der Waals surface area contributed by atoms with Crippen molar-refractivity contribution in [3.63, 3.8) is 0 Å². The van der Waals surface area contributed by atoms with Gasteiger partial charge < -0.3 is 18.9 Å². The van der Waals surface area contributed by atoms with E-state index >= 15 is 4.39 Å². The lowest BCUT2D eigenvalue weighted by Gasteiger charge is -2.23. The Labute approximate surface area is 138 Å². The van der Waals surface area contributed by atoms with E-state index in [2.05, 4.69) is 0 Å². The number of aromatic nitrogens is 2. The quantitative estimate of drug-likeness (QED) is 0.722. The Kier molecular flexibility index (Phi) is 3.42. The van der Waals surface area contributed by atoms with Crippen LogP contribution >= 0.6 is 0 Å². The number of carbonyl (C=O) groups excluding carboxylic acids is 2. The van der Waals surface area contributed by atoms with Crippen LogP contribution in [0, 0.1) is 5.92 Å². The van der Waals surface area contributed by atoms with Crippen LogP contribution in [-0.2, 0) is 23.7 Å². The molecule has 0 spiro atoms. The number of H-pyrrole nitrogens is 1. The van der Waals surface area contributed by atoms with Crippen molar-refractivity contribution < 1.29 is 32.9 Å². The minimum atomic E-state index is -2.68. The number of rotatable bonds is 4. The molecule has 25 heavy (non-hydrogen) atoms. The standard InChI is InChI=1S/C14H13FN2O8/c15-14(5-22-11(19)6-1-2-6)9-8(23-13(21)24-9)10(25-14)17-4-3-7(18)16-12(17)20/h3-4,6,8-10H,1-2,5H2,(H,16,18,20)/t8-,9+,10-,14-/m1/s1. The molecule has 2 aliphatic heterocycles. The number of ether oxygens (including phenoxy) is 4. The van der Waals surface area contributed by atoms with Crippen LogP contribution < -0.4 is 11.2 Å². The normalized spacial score (nSPS) is 33.5. The smallest absolute Gasteiger partial charge is 0.459 e. The number of fused-ring (bicyclic) bond motifs is 1. The predicted octanol–water partition coefficient (Wildman–Crippen LogP) is -0.412. The third-order valence-corrected chi connectivity index (χ3v) is 4.22. The zero-order chi connectivity index (χ0) is 17.8. The van der Waals surface area contributed by atoms with Crippen LogP contribution in [0.15, 0.2) is 21.9 Å². The van der Waals surface area contributed by atoms with Gasteiger partial charge in [0, 0.05) is 12.3 Å². The Bertz CT molecular complexity index is 846. The highest BCUT2D eigenvalue weighted by Crippen LogP contribution is 2.45. The van der Waals surface area contributed by atoms with Gasteiger partial charge in [-0.3, -0.25) is 19.1 Å². The molecule has 4 atom stereocenters. The van der Waals surface area contributed by atoms with Crippen molar-refractivity contribution in [2.75, 3.05) is 6.61 Å². The highest BCUT2D eigenvalue weighted by atomic mass is 19.2. The Balaban J connectivity index is 1.61. The van der Waals surface area contributed by atoms with Crippen LogP contribution in [0.4, 0.5) is 9.18 Å². The van der Waals surface area contributed by atoms with Crippen molar-refractivity contribution in [2.24, 2.45) is 5.92 Å². The van der Waals surface area contributed by atoms with Gasteiger partial charge in [0.25, 0.3) is 11.4 Å². The van der Waals surface area contributed by atoms with E-state index in [0.29, 0.717) is 12.8 Å². The topological polar surface area (TPSA) is 126 Å². The number of alkyl halides is 1. The molecule has 11 heteroatoms. The molecule has 1 aromatic rings. The summed E-state index contributed by atoms with van der Waals surface area (Å²) in [7, 11) is 0. The number of aromatic amines is 1. The molecule has 3 aliphatic rings. The number of carbonyl (C=O) groups is 2. The van der Waals surface area contributed by atoms with Gasteiger partial charge in [-0.05, 0) is 12.8 Å². The largest absolute Gasteiger partial charge is 0.509 e. The molecule has 134 valence electrons. The molecule has 2 saturated heterocycles. The summed E-state index contributed by atoms with van der Waals surface area (Å²) in [5.74, 6) is -3.49. The van der Waals surface area contributed by atoms with Crippen LogP contribution in [0.3, 0.4) is 0 Å². The Morgan fingerprint density at radius 3 is 2.80 bits per heavy atom. The second-order valence-electron chi connectivity index (χ2n) is 6.06. The van der Waals surface area contributed by atoms with E-state index in [1.54, 1.807) is 0 Å². The Morgan fingerprint density at radius 2 is 2.12 bits per heavy atom. The SMILES string of the molecule is O=C1O[C@H]2[C@H](n3ccc(=O)[nH]c3=O)O[C@](F)(COC(=O)C3CC3)[C@H]2O1. The molecule has 1 aliphatic carbocycles. The van der Waals surface area contributed by atoms with Gasteiger partial charge in [-0.1, -0.05) is 0 Å². The maximum absolute atomic E-state index is 15.2. The van der Waals surface area contributed by atoms with Crippen LogP contribution in [0.2, 0.25) is 0 Å². The van der Waals surface area contributed by atoms with Crippen LogP contribution in [-0.4, -0.2) is 46.3 Å². The molecule has 0 aromatic carbocycles. The van der Waals surface area contributed by atoms with Crippen LogP contribution in [0.1, 0.15) is 19.1 Å². The first kappa shape index (κ1) is 15.8. The number of nitrogens with one attached hydrogen (secondary N) is 1. The van der Waals surface area contributed by atoms with Gasteiger partial charge in [0.05, 0.1) is 5.92 Å². The van der Waals surface area contributed by atoms with Gasteiger partial charge >= 0.3 is 17.8 Å². The van der Waals surface area contributed by atoms with E-state index < -0.39 is 54.3 Å². The van der Waals surface area contributed by atoms with Crippen molar-refractivity contribution in [2.45, 2.75) is 37.1 Å². The van der Waals surface area contributed by atoms with Gasteiger partial charge in [0.1, 0.15) is 0 Å². The Morgan fingerprint density at radius 1 is 1.36 bits per heavy atom. The summed E-state index contributed by atoms with van der Waals surface area (Å²) in [5.41, 5.74) is -1.53. The van der Waals surface area contributed by atoms with E-state index in [1.165, 1.54) is 0 Å². The molecule has 1 saturated carbocycles. The van der Waals surface area contributed by atoms with Gasteiger partial charge in [-0.15, -0.1) is 0 Å². The molecular weight excluding hydrogens is 343 g/mol. The fourth-order valence-corrected chi connectivity index (χ4v) is 2.81. The molecule has 0 bridgehead atoms. The first-order chi connectivity index (χ1) is 11.9. The average Bonchev–Trinajstić information content (AvgIpc) is 3.28. The lowest BCUT2D eigenvalue weighted by molar-refractivity contribution is -0.220.